The van der Waals surface area contributed by atoms with Gasteiger partial charge in [0.25, 0.3) is 11.8 Å². The summed E-state index contributed by atoms with van der Waals surface area (Å²) in [7, 11) is 3.04. The van der Waals surface area contributed by atoms with Gasteiger partial charge in [-0.1, -0.05) is 23.8 Å². The van der Waals surface area contributed by atoms with Crippen molar-refractivity contribution in [3.05, 3.63) is 34.9 Å². The third kappa shape index (κ3) is 2.51. The number of ether oxygens (including phenoxy) is 2. The minimum atomic E-state index is -0.274. The topological polar surface area (TPSA) is 68.2 Å². The molecule has 4 atom stereocenters. The molecule has 136 valence electrons. The van der Waals surface area contributed by atoms with Crippen molar-refractivity contribution in [2.75, 3.05) is 14.2 Å². The van der Waals surface area contributed by atoms with Crippen LogP contribution in [0.1, 0.15) is 18.4 Å². The molecular weight excluding hydrogens is 356 g/mol. The first-order chi connectivity index (χ1) is 12.5. The van der Waals surface area contributed by atoms with Crippen LogP contribution in [0.5, 0.6) is 11.5 Å². The molecule has 26 heavy (non-hydrogen) atoms. The SMILES string of the molecule is COc1cc(Cl)c(/C=N\N2C(=O)[C@@H]3[C@H](C2=O)[C@H]2C=C[C@H]3CC2)cc1OC. The van der Waals surface area contributed by atoms with Gasteiger partial charge in [0.2, 0.25) is 0 Å². The van der Waals surface area contributed by atoms with E-state index in [-0.39, 0.29) is 35.5 Å². The zero-order chi connectivity index (χ0) is 18.4. The van der Waals surface area contributed by atoms with E-state index in [4.69, 9.17) is 21.1 Å². The van der Waals surface area contributed by atoms with Gasteiger partial charge >= 0.3 is 0 Å². The Morgan fingerprint density at radius 1 is 1.04 bits per heavy atom. The molecule has 3 aliphatic carbocycles. The first kappa shape index (κ1) is 17.1. The largest absolute Gasteiger partial charge is 0.493 e. The van der Waals surface area contributed by atoms with Crippen molar-refractivity contribution in [3.8, 4) is 11.5 Å². The summed E-state index contributed by atoms with van der Waals surface area (Å²) in [4.78, 5) is 25.5. The molecule has 0 aromatic heterocycles. The van der Waals surface area contributed by atoms with Gasteiger partial charge in [-0.2, -0.15) is 10.1 Å². The smallest absolute Gasteiger partial charge is 0.254 e. The highest BCUT2D eigenvalue weighted by atomic mass is 35.5. The average molecular weight is 375 g/mol. The first-order valence-corrected chi connectivity index (χ1v) is 8.94. The lowest BCUT2D eigenvalue weighted by Gasteiger charge is -2.37. The van der Waals surface area contributed by atoms with Crippen LogP contribution in [0.25, 0.3) is 0 Å². The number of allylic oxidation sites excluding steroid dienone is 2. The highest BCUT2D eigenvalue weighted by molar-refractivity contribution is 6.33. The summed E-state index contributed by atoms with van der Waals surface area (Å²) in [5.41, 5.74) is 0.542. The van der Waals surface area contributed by atoms with Crippen LogP contribution in [0, 0.1) is 23.7 Å². The number of hydrogen-bond acceptors (Lipinski definition) is 5. The second-order valence-corrected chi connectivity index (χ2v) is 7.21. The molecule has 1 aliphatic heterocycles. The summed E-state index contributed by atoms with van der Waals surface area (Å²) in [6.45, 7) is 0. The highest BCUT2D eigenvalue weighted by Gasteiger charge is 2.56. The number of hydrogen-bond donors (Lipinski definition) is 0. The minimum Gasteiger partial charge on any atom is -0.493 e. The lowest BCUT2D eigenvalue weighted by molar-refractivity contribution is -0.140. The number of imide groups is 1. The van der Waals surface area contributed by atoms with E-state index in [1.54, 1.807) is 12.1 Å². The van der Waals surface area contributed by atoms with E-state index in [1.807, 2.05) is 0 Å². The van der Waals surface area contributed by atoms with Crippen LogP contribution < -0.4 is 9.47 Å². The Morgan fingerprint density at radius 2 is 1.58 bits per heavy atom. The molecule has 2 bridgehead atoms. The predicted octanol–water partition coefficient (Wildman–Crippen LogP) is 2.89. The molecule has 6 nitrogen and oxygen atoms in total. The molecule has 0 radical (unpaired) electrons. The van der Waals surface area contributed by atoms with Gasteiger partial charge in [0.1, 0.15) is 0 Å². The van der Waals surface area contributed by atoms with Gasteiger partial charge in [-0.05, 0) is 30.7 Å². The van der Waals surface area contributed by atoms with E-state index in [0.717, 1.165) is 17.9 Å². The number of halogens is 1. The maximum absolute atomic E-state index is 12.7. The molecule has 0 spiro atoms. The number of amides is 2. The van der Waals surface area contributed by atoms with Gasteiger partial charge in [-0.25, -0.2) is 0 Å². The maximum atomic E-state index is 12.7. The number of benzene rings is 1. The van der Waals surface area contributed by atoms with Gasteiger partial charge in [0.05, 0.1) is 37.3 Å². The van der Waals surface area contributed by atoms with Crippen LogP contribution in [0.3, 0.4) is 0 Å². The fraction of sp³-hybridized carbons (Fsp3) is 0.421. The number of fused-ring (bicyclic) bond motifs is 1. The Hall–Kier alpha value is -2.34. The van der Waals surface area contributed by atoms with Gasteiger partial charge in [-0.3, -0.25) is 9.59 Å². The summed E-state index contributed by atoms with van der Waals surface area (Å²) in [5, 5.41) is 5.58. The molecule has 2 fully saturated rings. The molecule has 1 aromatic rings. The van der Waals surface area contributed by atoms with Crippen molar-refractivity contribution in [1.29, 1.82) is 0 Å². The standard InChI is InChI=1S/C19H19ClN2O4/c1-25-14-7-12(13(20)8-15(14)26-2)9-21-22-18(23)16-10-3-4-11(6-5-10)17(16)19(22)24/h3-4,7-11,16-17H,5-6H2,1-2H3/b21-9-/t10-,11-,16-,17+/m0/s1. The van der Waals surface area contributed by atoms with Crippen molar-refractivity contribution in [1.82, 2.24) is 5.01 Å². The van der Waals surface area contributed by atoms with E-state index in [1.165, 1.54) is 20.4 Å². The van der Waals surface area contributed by atoms with Gasteiger partial charge in [0.15, 0.2) is 11.5 Å². The summed E-state index contributed by atoms with van der Waals surface area (Å²) in [6, 6.07) is 3.27. The fourth-order valence-electron chi connectivity index (χ4n) is 4.26. The van der Waals surface area contributed by atoms with E-state index in [9.17, 15) is 9.59 Å². The second-order valence-electron chi connectivity index (χ2n) is 6.80. The maximum Gasteiger partial charge on any atom is 0.254 e. The zero-order valence-corrected chi connectivity index (χ0v) is 15.3. The molecule has 0 unspecified atom stereocenters. The van der Waals surface area contributed by atoms with Crippen LogP contribution in [0.15, 0.2) is 29.4 Å². The molecule has 1 heterocycles. The Balaban J connectivity index is 1.62. The van der Waals surface area contributed by atoms with Crippen molar-refractivity contribution in [3.63, 3.8) is 0 Å². The quantitative estimate of drug-likeness (QED) is 0.461. The molecule has 5 rings (SSSR count). The number of methoxy groups -OCH3 is 2. The Labute approximate surface area is 156 Å². The average Bonchev–Trinajstić information content (AvgIpc) is 2.94. The molecule has 2 amide bonds. The minimum absolute atomic E-state index is 0.145. The van der Waals surface area contributed by atoms with Gasteiger partial charge < -0.3 is 9.47 Å². The van der Waals surface area contributed by atoms with Crippen LogP contribution >= 0.6 is 11.6 Å². The van der Waals surface area contributed by atoms with Crippen molar-refractivity contribution in [2.24, 2.45) is 28.8 Å². The predicted molar refractivity (Wildman–Crippen MR) is 96.3 cm³/mol. The Morgan fingerprint density at radius 3 is 2.08 bits per heavy atom. The Bertz CT molecular complexity index is 803. The van der Waals surface area contributed by atoms with E-state index >= 15 is 0 Å². The van der Waals surface area contributed by atoms with E-state index < -0.39 is 0 Å². The molecule has 0 N–H and O–H groups in total. The molecular formula is C19H19ClN2O4. The molecule has 1 saturated heterocycles. The third-order valence-electron chi connectivity index (χ3n) is 5.55. The molecule has 1 saturated carbocycles. The molecule has 4 aliphatic rings. The number of rotatable bonds is 4. The number of nitrogens with zero attached hydrogens (tertiary/aromatic N) is 2. The van der Waals surface area contributed by atoms with Gasteiger partial charge in [0, 0.05) is 11.6 Å². The first-order valence-electron chi connectivity index (χ1n) is 8.56. The lowest BCUT2D eigenvalue weighted by atomic mass is 9.63. The summed E-state index contributed by atoms with van der Waals surface area (Å²) in [6.07, 6.45) is 7.51. The van der Waals surface area contributed by atoms with Gasteiger partial charge in [-0.15, -0.1) is 0 Å². The van der Waals surface area contributed by atoms with Crippen molar-refractivity contribution < 1.29 is 19.1 Å². The normalized spacial score (nSPS) is 29.6. The van der Waals surface area contributed by atoms with E-state index in [0.29, 0.717) is 22.1 Å². The fourth-order valence-corrected chi connectivity index (χ4v) is 4.46. The van der Waals surface area contributed by atoms with Crippen LogP contribution in [0.4, 0.5) is 0 Å². The summed E-state index contributed by atoms with van der Waals surface area (Å²) >= 11 is 6.25. The molecule has 1 aromatic carbocycles. The van der Waals surface area contributed by atoms with Crippen LogP contribution in [-0.2, 0) is 9.59 Å². The van der Waals surface area contributed by atoms with Crippen molar-refractivity contribution >= 4 is 29.6 Å². The summed E-state index contributed by atoms with van der Waals surface area (Å²) < 4.78 is 10.5. The van der Waals surface area contributed by atoms with Crippen LogP contribution in [-0.4, -0.2) is 37.3 Å². The molecule has 7 heteroatoms. The van der Waals surface area contributed by atoms with E-state index in [2.05, 4.69) is 17.3 Å². The van der Waals surface area contributed by atoms with Crippen LogP contribution in [0.2, 0.25) is 5.02 Å². The number of hydrazone groups is 1. The second kappa shape index (κ2) is 6.43. The zero-order valence-electron chi connectivity index (χ0n) is 14.5. The monoisotopic (exact) mass is 374 g/mol. The lowest BCUT2D eigenvalue weighted by Crippen LogP contribution is -2.38. The van der Waals surface area contributed by atoms with Crippen molar-refractivity contribution in [2.45, 2.75) is 12.8 Å². The summed E-state index contributed by atoms with van der Waals surface area (Å²) in [5.74, 6) is 0.301. The number of carbonyl (C=O) groups excluding carboxylic acids is 2. The third-order valence-corrected chi connectivity index (χ3v) is 5.88. The highest BCUT2D eigenvalue weighted by Crippen LogP contribution is 2.49. The number of carbonyl (C=O) groups is 2. The Kier molecular flexibility index (Phi) is 4.23.